The highest BCUT2D eigenvalue weighted by atomic mass is 32.2. The van der Waals surface area contributed by atoms with Gasteiger partial charge in [-0.2, -0.15) is 9.57 Å². The van der Waals surface area contributed by atoms with E-state index in [1.807, 2.05) is 0 Å². The van der Waals surface area contributed by atoms with Gasteiger partial charge in [-0.1, -0.05) is 19.3 Å². The number of carbonyl (C=O) groups is 3. The molecule has 1 aliphatic carbocycles. The summed E-state index contributed by atoms with van der Waals surface area (Å²) >= 11 is 0. The zero-order valence-corrected chi connectivity index (χ0v) is 19.2. The van der Waals surface area contributed by atoms with Crippen molar-refractivity contribution in [3.05, 3.63) is 24.3 Å². The molecule has 32 heavy (non-hydrogen) atoms. The van der Waals surface area contributed by atoms with Gasteiger partial charge in [0.1, 0.15) is 12.1 Å². The highest BCUT2D eigenvalue weighted by molar-refractivity contribution is 7.89. The van der Waals surface area contributed by atoms with Crippen molar-refractivity contribution in [2.45, 2.75) is 62.5 Å². The molecule has 1 aromatic rings. The first-order valence-corrected chi connectivity index (χ1v) is 11.7. The number of likely N-dealkylation sites (N-methyl/N-ethyl adjacent to an activating group) is 1. The summed E-state index contributed by atoms with van der Waals surface area (Å²) in [4.78, 5) is 35.7. The number of benzene rings is 1. The van der Waals surface area contributed by atoms with Crippen LogP contribution in [-0.4, -0.2) is 55.7 Å². The third-order valence-electron chi connectivity index (χ3n) is 5.20. The predicted octanol–water partition coefficient (Wildman–Crippen LogP) is 1.54. The Kier molecular flexibility index (Phi) is 8.35. The number of sulfonamides is 1. The van der Waals surface area contributed by atoms with E-state index in [4.69, 9.17) is 4.74 Å². The van der Waals surface area contributed by atoms with Crippen molar-refractivity contribution in [3.63, 3.8) is 0 Å². The Labute approximate surface area is 188 Å². The molecule has 1 aromatic carbocycles. The number of hydrogen-bond acceptors (Lipinski definition) is 7. The van der Waals surface area contributed by atoms with Crippen LogP contribution in [0, 0.1) is 11.3 Å². The van der Waals surface area contributed by atoms with E-state index < -0.39 is 40.1 Å². The molecule has 1 saturated carbocycles. The Morgan fingerprint density at radius 3 is 2.31 bits per heavy atom. The Morgan fingerprint density at radius 1 is 1.19 bits per heavy atom. The summed E-state index contributed by atoms with van der Waals surface area (Å²) in [7, 11) is -2.78. The fraction of sp³-hybridized carbons (Fsp3) is 0.524. The van der Waals surface area contributed by atoms with Gasteiger partial charge < -0.3 is 15.4 Å². The molecule has 0 saturated heterocycles. The Balaban J connectivity index is 1.95. The number of nitriles is 1. The van der Waals surface area contributed by atoms with Crippen molar-refractivity contribution in [1.29, 1.82) is 5.26 Å². The van der Waals surface area contributed by atoms with E-state index in [-0.39, 0.29) is 10.8 Å². The Hall–Kier alpha value is -2.97. The van der Waals surface area contributed by atoms with Crippen LogP contribution in [0.1, 0.15) is 46.0 Å². The van der Waals surface area contributed by atoms with Crippen LogP contribution in [0.4, 0.5) is 5.69 Å². The molecule has 2 amide bonds. The number of nitrogens with zero attached hydrogens (tertiary/aromatic N) is 2. The molecule has 1 aliphatic rings. The zero-order chi connectivity index (χ0) is 23.9. The molecular weight excluding hydrogens is 436 g/mol. The van der Waals surface area contributed by atoms with Crippen LogP contribution in [0.15, 0.2) is 29.2 Å². The standard InChI is InChI=1S/C21H28N4O6S/c1-15(20(28)24-21(14-22)11-5-4-6-12-21)31-19(27)13-25(3)32(29,30)18-9-7-17(8-10-18)23-16(2)26/h7-10,15H,4-6,11-13H2,1-3H3,(H,23,26)(H,24,28)/t15-/m0/s1. The molecule has 10 nitrogen and oxygen atoms in total. The number of anilines is 1. The summed E-state index contributed by atoms with van der Waals surface area (Å²) in [5, 5.41) is 14.7. The number of nitrogens with one attached hydrogen (secondary N) is 2. The molecular formula is C21H28N4O6S. The van der Waals surface area contributed by atoms with Gasteiger partial charge >= 0.3 is 5.97 Å². The van der Waals surface area contributed by atoms with E-state index in [0.29, 0.717) is 18.5 Å². The quantitative estimate of drug-likeness (QED) is 0.555. The number of amides is 2. The lowest BCUT2D eigenvalue weighted by atomic mass is 9.83. The number of ether oxygens (including phenoxy) is 1. The lowest BCUT2D eigenvalue weighted by molar-refractivity contribution is -0.155. The van der Waals surface area contributed by atoms with Gasteiger partial charge in [-0.05, 0) is 44.0 Å². The van der Waals surface area contributed by atoms with Gasteiger partial charge in [-0.3, -0.25) is 14.4 Å². The van der Waals surface area contributed by atoms with Gasteiger partial charge in [-0.15, -0.1) is 0 Å². The van der Waals surface area contributed by atoms with Crippen LogP contribution in [0.5, 0.6) is 0 Å². The largest absolute Gasteiger partial charge is 0.452 e. The molecule has 1 atom stereocenters. The minimum atomic E-state index is -4.00. The number of rotatable bonds is 8. The molecule has 1 fully saturated rings. The average molecular weight is 465 g/mol. The highest BCUT2D eigenvalue weighted by Crippen LogP contribution is 2.27. The van der Waals surface area contributed by atoms with Crippen molar-refractivity contribution in [2.24, 2.45) is 0 Å². The van der Waals surface area contributed by atoms with Crippen LogP contribution < -0.4 is 10.6 Å². The lowest BCUT2D eigenvalue weighted by Gasteiger charge is -2.32. The van der Waals surface area contributed by atoms with Gasteiger partial charge in [0.25, 0.3) is 5.91 Å². The van der Waals surface area contributed by atoms with Gasteiger partial charge in [0.15, 0.2) is 6.10 Å². The third kappa shape index (κ3) is 6.51. The molecule has 0 spiro atoms. The average Bonchev–Trinajstić information content (AvgIpc) is 2.74. The van der Waals surface area contributed by atoms with E-state index in [1.54, 1.807) is 0 Å². The predicted molar refractivity (Wildman–Crippen MR) is 116 cm³/mol. The van der Waals surface area contributed by atoms with Crippen molar-refractivity contribution in [2.75, 3.05) is 18.9 Å². The van der Waals surface area contributed by atoms with Crippen molar-refractivity contribution in [3.8, 4) is 6.07 Å². The molecule has 174 valence electrons. The second kappa shape index (κ2) is 10.6. The lowest BCUT2D eigenvalue weighted by Crippen LogP contribution is -2.52. The van der Waals surface area contributed by atoms with Crippen LogP contribution in [0.2, 0.25) is 0 Å². The number of carbonyl (C=O) groups excluding carboxylic acids is 3. The highest BCUT2D eigenvalue weighted by Gasteiger charge is 2.35. The fourth-order valence-corrected chi connectivity index (χ4v) is 4.52. The minimum absolute atomic E-state index is 0.0686. The zero-order valence-electron chi connectivity index (χ0n) is 18.4. The maximum absolute atomic E-state index is 12.7. The van der Waals surface area contributed by atoms with Crippen molar-refractivity contribution < 1.29 is 27.5 Å². The van der Waals surface area contributed by atoms with Gasteiger partial charge in [0.2, 0.25) is 15.9 Å². The van der Waals surface area contributed by atoms with Gasteiger partial charge in [0, 0.05) is 19.7 Å². The number of esters is 1. The summed E-state index contributed by atoms with van der Waals surface area (Å²) in [6.45, 7) is 2.10. The maximum atomic E-state index is 12.7. The van der Waals surface area contributed by atoms with E-state index in [1.165, 1.54) is 45.2 Å². The van der Waals surface area contributed by atoms with Crippen LogP contribution in [0.25, 0.3) is 0 Å². The molecule has 0 unspecified atom stereocenters. The molecule has 11 heteroatoms. The van der Waals surface area contributed by atoms with Crippen LogP contribution >= 0.6 is 0 Å². The van der Waals surface area contributed by atoms with E-state index in [2.05, 4.69) is 16.7 Å². The normalized spacial score (nSPS) is 16.5. The summed E-state index contributed by atoms with van der Waals surface area (Å²) in [6.07, 6.45) is 2.56. The molecule has 0 aliphatic heterocycles. The molecule has 2 N–H and O–H groups in total. The first-order chi connectivity index (χ1) is 15.0. The molecule has 2 rings (SSSR count). The monoisotopic (exact) mass is 464 g/mol. The first kappa shape index (κ1) is 25.3. The van der Waals surface area contributed by atoms with Crippen molar-refractivity contribution >= 4 is 33.5 Å². The topological polar surface area (TPSA) is 146 Å². The smallest absolute Gasteiger partial charge is 0.322 e. The van der Waals surface area contributed by atoms with Gasteiger partial charge in [-0.25, -0.2) is 8.42 Å². The van der Waals surface area contributed by atoms with E-state index in [0.717, 1.165) is 23.6 Å². The first-order valence-electron chi connectivity index (χ1n) is 10.3. The summed E-state index contributed by atoms with van der Waals surface area (Å²) in [6, 6.07) is 7.64. The third-order valence-corrected chi connectivity index (χ3v) is 7.01. The van der Waals surface area contributed by atoms with Gasteiger partial charge in [0.05, 0.1) is 11.0 Å². The second-order valence-corrected chi connectivity index (χ2v) is 9.89. The number of hydrogen-bond donors (Lipinski definition) is 2. The molecule has 0 aromatic heterocycles. The van der Waals surface area contributed by atoms with E-state index in [9.17, 15) is 28.1 Å². The second-order valence-electron chi connectivity index (χ2n) is 7.84. The molecule has 0 heterocycles. The maximum Gasteiger partial charge on any atom is 0.322 e. The Bertz CT molecular complexity index is 994. The minimum Gasteiger partial charge on any atom is -0.452 e. The molecule has 0 bridgehead atoms. The fourth-order valence-electron chi connectivity index (χ4n) is 3.41. The summed E-state index contributed by atoms with van der Waals surface area (Å²) < 4.78 is 31.3. The van der Waals surface area contributed by atoms with Crippen molar-refractivity contribution in [1.82, 2.24) is 9.62 Å². The summed E-state index contributed by atoms with van der Waals surface area (Å²) in [5.74, 6) is -1.79. The Morgan fingerprint density at radius 2 is 1.78 bits per heavy atom. The SMILES string of the molecule is CC(=O)Nc1ccc(S(=O)(=O)N(C)CC(=O)O[C@@H](C)C(=O)NC2(C#N)CCCCC2)cc1. The molecule has 0 radical (unpaired) electrons. The van der Waals surface area contributed by atoms with E-state index >= 15 is 0 Å². The van der Waals surface area contributed by atoms with Crippen LogP contribution in [-0.2, 0) is 29.1 Å². The summed E-state index contributed by atoms with van der Waals surface area (Å²) in [5.41, 5.74) is -0.522. The van der Waals surface area contributed by atoms with Crippen LogP contribution in [0.3, 0.4) is 0 Å².